The summed E-state index contributed by atoms with van der Waals surface area (Å²) < 4.78 is 4.95. The number of carbonyl (C=O) groups excluding carboxylic acids is 1. The van der Waals surface area contributed by atoms with E-state index in [0.717, 1.165) is 0 Å². The molecule has 0 aliphatic carbocycles. The SMILES string of the molecule is COC(C)(C)C(=O)N[C@@H](C)CO. The van der Waals surface area contributed by atoms with Crippen LogP contribution in [-0.2, 0) is 9.53 Å². The molecule has 0 aromatic carbocycles. The van der Waals surface area contributed by atoms with Gasteiger partial charge in [0.2, 0.25) is 0 Å². The van der Waals surface area contributed by atoms with Crippen molar-refractivity contribution in [3.63, 3.8) is 0 Å². The fourth-order valence-electron chi connectivity index (χ4n) is 0.536. The summed E-state index contributed by atoms with van der Waals surface area (Å²) in [5.74, 6) is -0.216. The smallest absolute Gasteiger partial charge is 0.251 e. The predicted molar refractivity (Wildman–Crippen MR) is 45.8 cm³/mol. The van der Waals surface area contributed by atoms with Gasteiger partial charge in [0.25, 0.3) is 5.91 Å². The quantitative estimate of drug-likeness (QED) is 0.627. The molecule has 0 bridgehead atoms. The zero-order valence-corrected chi connectivity index (χ0v) is 8.05. The molecule has 1 amide bonds. The molecule has 4 heteroatoms. The van der Waals surface area contributed by atoms with Crippen molar-refractivity contribution in [2.75, 3.05) is 13.7 Å². The van der Waals surface area contributed by atoms with Gasteiger partial charge in [-0.25, -0.2) is 0 Å². The average molecular weight is 175 g/mol. The second-order valence-corrected chi connectivity index (χ2v) is 3.27. The number of hydrogen-bond acceptors (Lipinski definition) is 3. The summed E-state index contributed by atoms with van der Waals surface area (Å²) in [5, 5.41) is 11.3. The van der Waals surface area contributed by atoms with Crippen LogP contribution in [0.1, 0.15) is 20.8 Å². The van der Waals surface area contributed by atoms with E-state index in [1.165, 1.54) is 7.11 Å². The third kappa shape index (κ3) is 3.19. The summed E-state index contributed by atoms with van der Waals surface area (Å²) in [6, 6.07) is -0.230. The number of hydrogen-bond donors (Lipinski definition) is 2. The highest BCUT2D eigenvalue weighted by Gasteiger charge is 2.27. The number of amides is 1. The van der Waals surface area contributed by atoms with Gasteiger partial charge in [0.05, 0.1) is 6.61 Å². The molecule has 0 saturated carbocycles. The maximum Gasteiger partial charge on any atom is 0.251 e. The molecule has 0 aliphatic rings. The predicted octanol–water partition coefficient (Wildman–Crippen LogP) is -0.0916. The molecular formula is C8H17NO3. The van der Waals surface area contributed by atoms with Crippen LogP contribution in [0.5, 0.6) is 0 Å². The first-order valence-electron chi connectivity index (χ1n) is 3.91. The van der Waals surface area contributed by atoms with Gasteiger partial charge < -0.3 is 15.2 Å². The second-order valence-electron chi connectivity index (χ2n) is 3.27. The Morgan fingerprint density at radius 1 is 1.67 bits per heavy atom. The average Bonchev–Trinajstić information content (AvgIpc) is 2.04. The highest BCUT2D eigenvalue weighted by atomic mass is 16.5. The van der Waals surface area contributed by atoms with Crippen LogP contribution in [0.25, 0.3) is 0 Å². The molecule has 0 heterocycles. The first-order valence-corrected chi connectivity index (χ1v) is 3.91. The Labute approximate surface area is 72.9 Å². The van der Waals surface area contributed by atoms with Gasteiger partial charge in [-0.1, -0.05) is 0 Å². The lowest BCUT2D eigenvalue weighted by molar-refractivity contribution is -0.140. The first-order chi connectivity index (χ1) is 5.44. The number of rotatable bonds is 4. The molecule has 0 rings (SSSR count). The van der Waals surface area contributed by atoms with Crippen molar-refractivity contribution in [3.8, 4) is 0 Å². The van der Waals surface area contributed by atoms with Gasteiger partial charge in [0, 0.05) is 13.2 Å². The van der Waals surface area contributed by atoms with Crippen LogP contribution in [0.15, 0.2) is 0 Å². The Morgan fingerprint density at radius 3 is 2.50 bits per heavy atom. The summed E-state index contributed by atoms with van der Waals surface area (Å²) in [5.41, 5.74) is -0.830. The van der Waals surface area contributed by atoms with E-state index in [4.69, 9.17) is 9.84 Å². The summed E-state index contributed by atoms with van der Waals surface area (Å²) in [7, 11) is 1.48. The van der Waals surface area contributed by atoms with Crippen LogP contribution in [0.2, 0.25) is 0 Å². The number of carbonyl (C=O) groups is 1. The first kappa shape index (κ1) is 11.4. The minimum Gasteiger partial charge on any atom is -0.394 e. The van der Waals surface area contributed by atoms with E-state index in [2.05, 4.69) is 5.32 Å². The highest BCUT2D eigenvalue weighted by Crippen LogP contribution is 2.06. The largest absolute Gasteiger partial charge is 0.394 e. The molecule has 4 nitrogen and oxygen atoms in total. The summed E-state index contributed by atoms with van der Waals surface area (Å²) in [6.45, 7) is 5.01. The molecule has 2 N–H and O–H groups in total. The number of aliphatic hydroxyl groups excluding tert-OH is 1. The van der Waals surface area contributed by atoms with Crippen molar-refractivity contribution in [1.29, 1.82) is 0 Å². The number of aliphatic hydroxyl groups is 1. The highest BCUT2D eigenvalue weighted by molar-refractivity contribution is 5.84. The van der Waals surface area contributed by atoms with E-state index < -0.39 is 5.60 Å². The normalized spacial score (nSPS) is 14.1. The van der Waals surface area contributed by atoms with Crippen LogP contribution in [0.4, 0.5) is 0 Å². The van der Waals surface area contributed by atoms with Gasteiger partial charge in [-0.2, -0.15) is 0 Å². The van der Waals surface area contributed by atoms with Gasteiger partial charge in [0.1, 0.15) is 5.60 Å². The van der Waals surface area contributed by atoms with Crippen LogP contribution < -0.4 is 5.32 Å². The molecule has 0 saturated heterocycles. The van der Waals surface area contributed by atoms with Crippen molar-refractivity contribution in [3.05, 3.63) is 0 Å². The lowest BCUT2D eigenvalue weighted by Gasteiger charge is -2.23. The van der Waals surface area contributed by atoms with E-state index in [1.54, 1.807) is 20.8 Å². The van der Waals surface area contributed by atoms with E-state index in [1.807, 2.05) is 0 Å². The Bertz CT molecular complexity index is 156. The van der Waals surface area contributed by atoms with Crippen molar-refractivity contribution in [2.45, 2.75) is 32.4 Å². The zero-order valence-electron chi connectivity index (χ0n) is 8.05. The van der Waals surface area contributed by atoms with E-state index in [-0.39, 0.29) is 18.6 Å². The molecule has 1 atom stereocenters. The zero-order chi connectivity index (χ0) is 9.78. The van der Waals surface area contributed by atoms with E-state index in [9.17, 15) is 4.79 Å². The Kier molecular flexibility index (Phi) is 4.20. The number of methoxy groups -OCH3 is 1. The minimum absolute atomic E-state index is 0.0640. The van der Waals surface area contributed by atoms with Crippen LogP contribution >= 0.6 is 0 Å². The van der Waals surface area contributed by atoms with Crippen molar-refractivity contribution in [2.24, 2.45) is 0 Å². The molecule has 0 spiro atoms. The lowest BCUT2D eigenvalue weighted by Crippen LogP contribution is -2.47. The fourth-order valence-corrected chi connectivity index (χ4v) is 0.536. The maximum atomic E-state index is 11.3. The third-order valence-corrected chi connectivity index (χ3v) is 1.71. The minimum atomic E-state index is -0.830. The molecule has 0 aliphatic heterocycles. The lowest BCUT2D eigenvalue weighted by atomic mass is 10.1. The van der Waals surface area contributed by atoms with Crippen LogP contribution in [0.3, 0.4) is 0 Å². The van der Waals surface area contributed by atoms with Crippen LogP contribution in [-0.4, -0.2) is 36.4 Å². The topological polar surface area (TPSA) is 58.6 Å². The maximum absolute atomic E-state index is 11.3. The van der Waals surface area contributed by atoms with E-state index in [0.29, 0.717) is 0 Å². The standard InChI is InChI=1S/C8H17NO3/c1-6(5-10)9-7(11)8(2,3)12-4/h6,10H,5H2,1-4H3,(H,9,11)/t6-/m0/s1. The molecule has 12 heavy (non-hydrogen) atoms. The summed E-state index contributed by atoms with van der Waals surface area (Å²) in [6.07, 6.45) is 0. The summed E-state index contributed by atoms with van der Waals surface area (Å²) >= 11 is 0. The fraction of sp³-hybridized carbons (Fsp3) is 0.875. The Hall–Kier alpha value is -0.610. The summed E-state index contributed by atoms with van der Waals surface area (Å²) in [4.78, 5) is 11.3. The molecule has 0 unspecified atom stereocenters. The molecular weight excluding hydrogens is 158 g/mol. The van der Waals surface area contributed by atoms with Gasteiger partial charge in [-0.3, -0.25) is 4.79 Å². The third-order valence-electron chi connectivity index (χ3n) is 1.71. The van der Waals surface area contributed by atoms with Crippen molar-refractivity contribution in [1.82, 2.24) is 5.32 Å². The van der Waals surface area contributed by atoms with Gasteiger partial charge >= 0.3 is 0 Å². The van der Waals surface area contributed by atoms with E-state index >= 15 is 0 Å². The van der Waals surface area contributed by atoms with Gasteiger partial charge in [-0.15, -0.1) is 0 Å². The molecule has 0 fully saturated rings. The monoisotopic (exact) mass is 175 g/mol. The number of ether oxygens (including phenoxy) is 1. The Morgan fingerprint density at radius 2 is 2.17 bits per heavy atom. The van der Waals surface area contributed by atoms with Crippen LogP contribution in [0, 0.1) is 0 Å². The number of nitrogens with one attached hydrogen (secondary N) is 1. The van der Waals surface area contributed by atoms with Crippen molar-refractivity contribution < 1.29 is 14.6 Å². The molecule has 0 aromatic heterocycles. The van der Waals surface area contributed by atoms with Gasteiger partial charge in [-0.05, 0) is 20.8 Å². The van der Waals surface area contributed by atoms with Crippen molar-refractivity contribution >= 4 is 5.91 Å². The second kappa shape index (κ2) is 4.42. The molecule has 0 radical (unpaired) electrons. The Balaban J connectivity index is 4.03. The van der Waals surface area contributed by atoms with Gasteiger partial charge in [0.15, 0.2) is 0 Å². The molecule has 0 aromatic rings. The molecule has 72 valence electrons.